The molecule has 168 valence electrons. The quantitative estimate of drug-likeness (QED) is 0.537. The monoisotopic (exact) mass is 446 g/mol. The van der Waals surface area contributed by atoms with Crippen LogP contribution in [0.15, 0.2) is 48.5 Å². The first-order chi connectivity index (χ1) is 14.4. The number of carbonyl (C=O) groups is 1. The van der Waals surface area contributed by atoms with Crippen LogP contribution < -0.4 is 0 Å². The van der Waals surface area contributed by atoms with Crippen molar-refractivity contribution < 1.29 is 41.0 Å². The molecule has 2 aromatic carbocycles. The Balaban J connectivity index is 1.93. The van der Waals surface area contributed by atoms with Gasteiger partial charge in [0.25, 0.3) is 0 Å². The normalized spacial score (nSPS) is 23.0. The number of alkyl halides is 6. The molecule has 4 unspecified atom stereocenters. The molecule has 0 amide bonds. The van der Waals surface area contributed by atoms with Gasteiger partial charge in [0, 0.05) is 5.92 Å². The fourth-order valence-corrected chi connectivity index (χ4v) is 4.07. The maximum atomic E-state index is 13.2. The van der Waals surface area contributed by atoms with E-state index in [1.807, 2.05) is 0 Å². The molecule has 2 aromatic rings. The highest BCUT2D eigenvalue weighted by atomic mass is 19.4. The van der Waals surface area contributed by atoms with Gasteiger partial charge in [0.15, 0.2) is 0 Å². The van der Waals surface area contributed by atoms with Crippen molar-refractivity contribution in [1.29, 1.82) is 0 Å². The van der Waals surface area contributed by atoms with Gasteiger partial charge >= 0.3 is 18.3 Å². The number of benzene rings is 2. The van der Waals surface area contributed by atoms with Crippen LogP contribution in [0.1, 0.15) is 54.0 Å². The van der Waals surface area contributed by atoms with Crippen molar-refractivity contribution in [1.82, 2.24) is 0 Å². The van der Waals surface area contributed by atoms with E-state index in [2.05, 4.69) is 0 Å². The molecule has 1 saturated carbocycles. The van der Waals surface area contributed by atoms with Crippen LogP contribution in [0.2, 0.25) is 0 Å². The van der Waals surface area contributed by atoms with Crippen molar-refractivity contribution in [3.63, 3.8) is 0 Å². The van der Waals surface area contributed by atoms with E-state index in [1.54, 1.807) is 30.3 Å². The molecular weight excluding hydrogens is 426 g/mol. The molecule has 0 radical (unpaired) electrons. The van der Waals surface area contributed by atoms with Gasteiger partial charge in [-0.25, -0.2) is 0 Å². The average Bonchev–Trinajstić information content (AvgIpc) is 3.10. The second-order valence-electron chi connectivity index (χ2n) is 7.61. The Hall–Kier alpha value is -2.55. The summed E-state index contributed by atoms with van der Waals surface area (Å²) in [6, 6.07) is 10.0. The first-order valence-electron chi connectivity index (χ1n) is 9.60. The van der Waals surface area contributed by atoms with E-state index in [0.717, 1.165) is 0 Å². The first kappa shape index (κ1) is 23.1. The zero-order valence-corrected chi connectivity index (χ0v) is 16.4. The van der Waals surface area contributed by atoms with Gasteiger partial charge in [0.05, 0.1) is 29.3 Å². The second kappa shape index (κ2) is 8.53. The fraction of sp³-hybridized carbons (Fsp3) is 0.409. The first-order valence-corrected chi connectivity index (χ1v) is 9.60. The molecule has 1 aliphatic carbocycles. The van der Waals surface area contributed by atoms with E-state index in [0.29, 0.717) is 30.5 Å². The summed E-state index contributed by atoms with van der Waals surface area (Å²) in [4.78, 5) is 11.7. The number of rotatable bonds is 5. The lowest BCUT2D eigenvalue weighted by Crippen LogP contribution is -2.26. The summed E-state index contributed by atoms with van der Waals surface area (Å²) in [6.45, 7) is 1.37. The third kappa shape index (κ3) is 5.20. The van der Waals surface area contributed by atoms with E-state index in [-0.39, 0.29) is 11.6 Å². The van der Waals surface area contributed by atoms with E-state index < -0.39 is 53.5 Å². The molecule has 1 fully saturated rings. The van der Waals surface area contributed by atoms with Crippen LogP contribution in [0.4, 0.5) is 26.3 Å². The largest absolute Gasteiger partial charge is 0.481 e. The maximum absolute atomic E-state index is 13.2. The van der Waals surface area contributed by atoms with Crippen molar-refractivity contribution in [3.8, 4) is 0 Å². The predicted octanol–water partition coefficient (Wildman–Crippen LogP) is 6.45. The topological polar surface area (TPSA) is 46.5 Å². The van der Waals surface area contributed by atoms with Gasteiger partial charge in [-0.1, -0.05) is 30.3 Å². The van der Waals surface area contributed by atoms with E-state index in [1.165, 1.54) is 6.92 Å². The number of aliphatic carboxylic acids is 1. The third-order valence-corrected chi connectivity index (χ3v) is 5.56. The van der Waals surface area contributed by atoms with E-state index in [9.17, 15) is 36.2 Å². The SMILES string of the molecule is CC(OC1CCC(C(=O)O)C1c1ccccc1)c1cc(C(F)(F)F)cc(C(F)(F)F)c1. The minimum atomic E-state index is -4.95. The zero-order chi connectivity index (χ0) is 23.0. The highest BCUT2D eigenvalue weighted by molar-refractivity contribution is 5.72. The number of carboxylic acids is 1. The van der Waals surface area contributed by atoms with Crippen molar-refractivity contribution in [3.05, 3.63) is 70.8 Å². The molecule has 31 heavy (non-hydrogen) atoms. The number of hydrogen-bond donors (Lipinski definition) is 1. The molecular formula is C22H20F6O3. The van der Waals surface area contributed by atoms with Crippen LogP contribution >= 0.6 is 0 Å². The summed E-state index contributed by atoms with van der Waals surface area (Å²) in [5.41, 5.74) is -2.40. The average molecular weight is 446 g/mol. The molecule has 0 spiro atoms. The summed E-state index contributed by atoms with van der Waals surface area (Å²) in [5.74, 6) is -2.34. The zero-order valence-electron chi connectivity index (χ0n) is 16.4. The maximum Gasteiger partial charge on any atom is 0.416 e. The Morgan fingerprint density at radius 2 is 1.52 bits per heavy atom. The van der Waals surface area contributed by atoms with Crippen LogP contribution in [-0.2, 0) is 21.9 Å². The molecule has 3 nitrogen and oxygen atoms in total. The minimum absolute atomic E-state index is 0.0685. The molecule has 0 aliphatic heterocycles. The summed E-state index contributed by atoms with van der Waals surface area (Å²) < 4.78 is 84.8. The van der Waals surface area contributed by atoms with Crippen molar-refractivity contribution in [2.75, 3.05) is 0 Å². The lowest BCUT2D eigenvalue weighted by molar-refractivity contribution is -0.144. The van der Waals surface area contributed by atoms with Crippen molar-refractivity contribution in [2.24, 2.45) is 5.92 Å². The van der Waals surface area contributed by atoms with Gasteiger partial charge in [-0.2, -0.15) is 26.3 Å². The lowest BCUT2D eigenvalue weighted by Gasteiger charge is -2.27. The highest BCUT2D eigenvalue weighted by Gasteiger charge is 2.43. The lowest BCUT2D eigenvalue weighted by atomic mass is 9.87. The van der Waals surface area contributed by atoms with Gasteiger partial charge < -0.3 is 9.84 Å². The van der Waals surface area contributed by atoms with Gasteiger partial charge in [0.2, 0.25) is 0 Å². The summed E-state index contributed by atoms with van der Waals surface area (Å²) in [6.07, 6.45) is -11.1. The summed E-state index contributed by atoms with van der Waals surface area (Å²) in [5, 5.41) is 9.56. The molecule has 0 heterocycles. The van der Waals surface area contributed by atoms with E-state index >= 15 is 0 Å². The van der Waals surface area contributed by atoms with Gasteiger partial charge in [0.1, 0.15) is 0 Å². The van der Waals surface area contributed by atoms with E-state index in [4.69, 9.17) is 4.74 Å². The van der Waals surface area contributed by atoms with Gasteiger partial charge in [-0.05, 0) is 49.1 Å². The smallest absolute Gasteiger partial charge is 0.416 e. The van der Waals surface area contributed by atoms with Gasteiger partial charge in [-0.3, -0.25) is 4.79 Å². The summed E-state index contributed by atoms with van der Waals surface area (Å²) in [7, 11) is 0. The van der Waals surface area contributed by atoms with Crippen LogP contribution in [0.3, 0.4) is 0 Å². The Kier molecular flexibility index (Phi) is 6.36. The van der Waals surface area contributed by atoms with Crippen LogP contribution in [-0.4, -0.2) is 17.2 Å². The molecule has 3 rings (SSSR count). The fourth-order valence-electron chi connectivity index (χ4n) is 4.07. The second-order valence-corrected chi connectivity index (χ2v) is 7.61. The summed E-state index contributed by atoms with van der Waals surface area (Å²) >= 11 is 0. The van der Waals surface area contributed by atoms with Crippen LogP contribution in [0, 0.1) is 5.92 Å². The molecule has 0 aromatic heterocycles. The molecule has 0 bridgehead atoms. The van der Waals surface area contributed by atoms with Crippen molar-refractivity contribution >= 4 is 5.97 Å². The third-order valence-electron chi connectivity index (χ3n) is 5.56. The Bertz CT molecular complexity index is 891. The number of ether oxygens (including phenoxy) is 1. The Morgan fingerprint density at radius 1 is 0.968 bits per heavy atom. The number of hydrogen-bond acceptors (Lipinski definition) is 2. The highest BCUT2D eigenvalue weighted by Crippen LogP contribution is 2.44. The predicted molar refractivity (Wildman–Crippen MR) is 99.3 cm³/mol. The number of carboxylic acid groups (broad SMARTS) is 1. The molecule has 4 atom stereocenters. The molecule has 9 heteroatoms. The van der Waals surface area contributed by atoms with Crippen molar-refractivity contribution in [2.45, 2.75) is 50.2 Å². The number of halogens is 6. The van der Waals surface area contributed by atoms with Gasteiger partial charge in [-0.15, -0.1) is 0 Å². The van der Waals surface area contributed by atoms with Crippen LogP contribution in [0.25, 0.3) is 0 Å². The molecule has 1 aliphatic rings. The van der Waals surface area contributed by atoms with Crippen LogP contribution in [0.5, 0.6) is 0 Å². The Labute approximate surface area is 174 Å². The minimum Gasteiger partial charge on any atom is -0.481 e. The molecule has 0 saturated heterocycles. The molecule has 1 N–H and O–H groups in total. The standard InChI is InChI=1S/C22H20F6O3/c1-12(14-9-15(21(23,24)25)11-16(10-14)22(26,27)28)31-18-8-7-17(20(29)30)19(18)13-5-3-2-4-6-13/h2-6,9-12,17-19H,7-8H2,1H3,(H,29,30). The Morgan fingerprint density at radius 3 is 2.00 bits per heavy atom.